The maximum atomic E-state index is 14.4. The number of hydrogen-bond acceptors (Lipinski definition) is 1. The van der Waals surface area contributed by atoms with E-state index in [2.05, 4.69) is 37.9 Å². The lowest BCUT2D eigenvalue weighted by molar-refractivity contribution is 0.558. The van der Waals surface area contributed by atoms with Crippen molar-refractivity contribution in [3.05, 3.63) is 29.2 Å². The van der Waals surface area contributed by atoms with E-state index in [0.29, 0.717) is 11.8 Å². The highest BCUT2D eigenvalue weighted by Crippen LogP contribution is 2.52. The molecule has 1 aliphatic rings. The van der Waals surface area contributed by atoms with Gasteiger partial charge in [0, 0.05) is 5.39 Å². The number of nitrogens with zero attached hydrogens (tertiary/aromatic N) is 1. The Hall–Kier alpha value is -1.38. The van der Waals surface area contributed by atoms with E-state index in [4.69, 9.17) is 0 Å². The second-order valence-corrected chi connectivity index (χ2v) is 6.55. The lowest BCUT2D eigenvalue weighted by atomic mass is 9.80. The Morgan fingerprint density at radius 2 is 2.06 bits per heavy atom. The van der Waals surface area contributed by atoms with Crippen LogP contribution >= 0.6 is 0 Å². The SMILES string of the molecule is CC1CC1c1c(F)cc2[nH]ncc2c1C(C)(C)C. The summed E-state index contributed by atoms with van der Waals surface area (Å²) in [5.74, 6) is 0.912. The van der Waals surface area contributed by atoms with Crippen molar-refractivity contribution in [3.63, 3.8) is 0 Å². The molecule has 2 aromatic rings. The van der Waals surface area contributed by atoms with E-state index in [9.17, 15) is 4.39 Å². The zero-order valence-corrected chi connectivity index (χ0v) is 11.3. The largest absolute Gasteiger partial charge is 0.278 e. The minimum absolute atomic E-state index is 0.0676. The Balaban J connectivity index is 2.35. The van der Waals surface area contributed by atoms with Gasteiger partial charge in [-0.25, -0.2) is 4.39 Å². The first-order valence-electron chi connectivity index (χ1n) is 6.55. The van der Waals surface area contributed by atoms with E-state index >= 15 is 0 Å². The predicted octanol–water partition coefficient (Wildman–Crippen LogP) is 4.12. The van der Waals surface area contributed by atoms with Crippen LogP contribution in [0.4, 0.5) is 4.39 Å². The highest BCUT2D eigenvalue weighted by Gasteiger charge is 2.40. The summed E-state index contributed by atoms with van der Waals surface area (Å²) in [6.07, 6.45) is 2.93. The van der Waals surface area contributed by atoms with Gasteiger partial charge >= 0.3 is 0 Å². The summed E-state index contributed by atoms with van der Waals surface area (Å²) in [6, 6.07) is 1.60. The minimum Gasteiger partial charge on any atom is -0.278 e. The van der Waals surface area contributed by atoms with Gasteiger partial charge in [0.05, 0.1) is 11.7 Å². The van der Waals surface area contributed by atoms with Crippen LogP contribution in [-0.2, 0) is 5.41 Å². The van der Waals surface area contributed by atoms with Gasteiger partial charge in [0.25, 0.3) is 0 Å². The summed E-state index contributed by atoms with van der Waals surface area (Å²) in [5.41, 5.74) is 2.78. The van der Waals surface area contributed by atoms with Crippen LogP contribution in [0.5, 0.6) is 0 Å². The Labute approximate surface area is 107 Å². The Morgan fingerprint density at radius 1 is 1.39 bits per heavy atom. The van der Waals surface area contributed by atoms with Gasteiger partial charge in [0.15, 0.2) is 0 Å². The van der Waals surface area contributed by atoms with Gasteiger partial charge in [-0.05, 0) is 40.9 Å². The number of aromatic nitrogens is 2. The van der Waals surface area contributed by atoms with Crippen LogP contribution in [-0.4, -0.2) is 10.2 Å². The van der Waals surface area contributed by atoms with Gasteiger partial charge in [-0.15, -0.1) is 0 Å². The fraction of sp³-hybridized carbons (Fsp3) is 0.533. The van der Waals surface area contributed by atoms with E-state index in [0.717, 1.165) is 28.5 Å². The fourth-order valence-corrected chi connectivity index (χ4v) is 2.97. The lowest BCUT2D eigenvalue weighted by Gasteiger charge is -2.24. The number of benzene rings is 1. The summed E-state index contributed by atoms with van der Waals surface area (Å²) in [6.45, 7) is 8.62. The van der Waals surface area contributed by atoms with Gasteiger partial charge in [-0.1, -0.05) is 27.7 Å². The molecule has 1 fully saturated rings. The molecule has 3 heteroatoms. The van der Waals surface area contributed by atoms with Crippen molar-refractivity contribution in [1.82, 2.24) is 10.2 Å². The molecular weight excluding hydrogens is 227 g/mol. The van der Waals surface area contributed by atoms with Crippen molar-refractivity contribution < 1.29 is 4.39 Å². The average Bonchev–Trinajstić information content (AvgIpc) is 2.78. The molecule has 1 N–H and O–H groups in total. The van der Waals surface area contributed by atoms with Crippen LogP contribution < -0.4 is 0 Å². The van der Waals surface area contributed by atoms with Crippen LogP contribution in [0.15, 0.2) is 12.3 Å². The monoisotopic (exact) mass is 246 g/mol. The average molecular weight is 246 g/mol. The van der Waals surface area contributed by atoms with Crippen LogP contribution in [0.3, 0.4) is 0 Å². The molecule has 1 saturated carbocycles. The molecule has 1 heterocycles. The molecule has 2 nitrogen and oxygen atoms in total. The third-order valence-corrected chi connectivity index (χ3v) is 3.97. The van der Waals surface area contributed by atoms with Gasteiger partial charge in [-0.2, -0.15) is 5.10 Å². The first-order chi connectivity index (χ1) is 8.39. The lowest BCUT2D eigenvalue weighted by Crippen LogP contribution is -2.16. The molecule has 2 unspecified atom stereocenters. The number of rotatable bonds is 1. The molecule has 0 amide bonds. The van der Waals surface area contributed by atoms with Gasteiger partial charge in [0.1, 0.15) is 5.82 Å². The van der Waals surface area contributed by atoms with Crippen molar-refractivity contribution in [1.29, 1.82) is 0 Å². The molecule has 1 aromatic carbocycles. The number of H-pyrrole nitrogens is 1. The van der Waals surface area contributed by atoms with Crippen molar-refractivity contribution in [3.8, 4) is 0 Å². The van der Waals surface area contributed by atoms with Gasteiger partial charge in [-0.3, -0.25) is 5.10 Å². The quantitative estimate of drug-likeness (QED) is 0.805. The number of halogens is 1. The molecule has 0 bridgehead atoms. The molecule has 0 saturated heterocycles. The molecule has 2 atom stereocenters. The highest BCUT2D eigenvalue weighted by atomic mass is 19.1. The number of fused-ring (bicyclic) bond motifs is 1. The van der Waals surface area contributed by atoms with Crippen LogP contribution in [0.2, 0.25) is 0 Å². The highest BCUT2D eigenvalue weighted by molar-refractivity contribution is 5.84. The second-order valence-electron chi connectivity index (χ2n) is 6.55. The topological polar surface area (TPSA) is 28.7 Å². The summed E-state index contributed by atoms with van der Waals surface area (Å²) >= 11 is 0. The van der Waals surface area contributed by atoms with Crippen LogP contribution in [0.25, 0.3) is 10.9 Å². The number of aromatic amines is 1. The van der Waals surface area contributed by atoms with E-state index in [1.165, 1.54) is 0 Å². The molecule has 3 rings (SSSR count). The van der Waals surface area contributed by atoms with E-state index in [1.807, 2.05) is 6.20 Å². The summed E-state index contributed by atoms with van der Waals surface area (Å²) in [5, 5.41) is 8.01. The standard InChI is InChI=1S/C15H19FN2/c1-8-5-9(8)13-11(16)6-12-10(7-17-18-12)14(13)15(2,3)4/h6-9H,5H2,1-4H3,(H,17,18). The molecule has 18 heavy (non-hydrogen) atoms. The van der Waals surface area contributed by atoms with Gasteiger partial charge in [0.2, 0.25) is 0 Å². The maximum Gasteiger partial charge on any atom is 0.129 e. The van der Waals surface area contributed by atoms with E-state index in [-0.39, 0.29) is 11.2 Å². The van der Waals surface area contributed by atoms with Gasteiger partial charge < -0.3 is 0 Å². The zero-order valence-electron chi connectivity index (χ0n) is 11.3. The van der Waals surface area contributed by atoms with Crippen molar-refractivity contribution in [2.75, 3.05) is 0 Å². The maximum absolute atomic E-state index is 14.4. The number of hydrogen-bond donors (Lipinski definition) is 1. The van der Waals surface area contributed by atoms with Crippen LogP contribution in [0.1, 0.15) is 51.2 Å². The predicted molar refractivity (Wildman–Crippen MR) is 71.3 cm³/mol. The molecule has 96 valence electrons. The van der Waals surface area contributed by atoms with Crippen LogP contribution in [0, 0.1) is 11.7 Å². The summed E-state index contributed by atoms with van der Waals surface area (Å²) in [7, 11) is 0. The third kappa shape index (κ3) is 1.64. The molecule has 1 aromatic heterocycles. The Morgan fingerprint density at radius 3 is 2.61 bits per heavy atom. The zero-order chi connectivity index (χ0) is 13.1. The molecule has 0 radical (unpaired) electrons. The number of nitrogens with one attached hydrogen (secondary N) is 1. The molecule has 0 aliphatic heterocycles. The Kier molecular flexibility index (Phi) is 2.31. The summed E-state index contributed by atoms with van der Waals surface area (Å²) in [4.78, 5) is 0. The third-order valence-electron chi connectivity index (χ3n) is 3.97. The molecular formula is C15H19FN2. The normalized spacial score (nSPS) is 23.6. The van der Waals surface area contributed by atoms with Crippen molar-refractivity contribution in [2.24, 2.45) is 5.92 Å². The van der Waals surface area contributed by atoms with E-state index in [1.54, 1.807) is 6.07 Å². The van der Waals surface area contributed by atoms with Crippen molar-refractivity contribution >= 4 is 10.9 Å². The second kappa shape index (κ2) is 3.56. The van der Waals surface area contributed by atoms with E-state index < -0.39 is 0 Å². The first-order valence-corrected chi connectivity index (χ1v) is 6.55. The molecule has 1 aliphatic carbocycles. The van der Waals surface area contributed by atoms with Crippen molar-refractivity contribution in [2.45, 2.75) is 45.4 Å². The Bertz CT molecular complexity index is 607. The smallest absolute Gasteiger partial charge is 0.129 e. The first kappa shape index (κ1) is 11.7. The molecule has 0 spiro atoms. The minimum atomic E-state index is -0.0778. The fourth-order valence-electron chi connectivity index (χ4n) is 2.97. The summed E-state index contributed by atoms with van der Waals surface area (Å²) < 4.78 is 14.4.